The first-order chi connectivity index (χ1) is 8.71. The molecule has 1 heterocycles. The van der Waals surface area contributed by atoms with Crippen molar-refractivity contribution in [2.45, 2.75) is 32.6 Å². The minimum absolute atomic E-state index is 0.313. The van der Waals surface area contributed by atoms with Crippen molar-refractivity contribution in [3.05, 3.63) is 29.3 Å². The summed E-state index contributed by atoms with van der Waals surface area (Å²) in [5.41, 5.74) is 7.50. The van der Waals surface area contributed by atoms with Gasteiger partial charge in [0, 0.05) is 6.42 Å². The van der Waals surface area contributed by atoms with Gasteiger partial charge in [0.1, 0.15) is 0 Å². The first-order valence-electron chi connectivity index (χ1n) is 6.75. The molecule has 2 N–H and O–H groups in total. The van der Waals surface area contributed by atoms with E-state index in [-0.39, 0.29) is 0 Å². The molecule has 3 rings (SSSR count). The highest BCUT2D eigenvalue weighted by Crippen LogP contribution is 2.44. The van der Waals surface area contributed by atoms with Gasteiger partial charge in [-0.3, -0.25) is 0 Å². The van der Waals surface area contributed by atoms with Crippen LogP contribution in [0.1, 0.15) is 31.2 Å². The second kappa shape index (κ2) is 4.63. The van der Waals surface area contributed by atoms with Crippen LogP contribution in [-0.4, -0.2) is 11.5 Å². The topological polar surface area (TPSA) is 38.9 Å². The van der Waals surface area contributed by atoms with Crippen LogP contribution in [-0.2, 0) is 6.42 Å². The number of nitrogens with two attached hydrogens (primary N) is 1. The van der Waals surface area contributed by atoms with Gasteiger partial charge in [0.05, 0.1) is 15.2 Å². The van der Waals surface area contributed by atoms with E-state index in [9.17, 15) is 0 Å². The molecule has 2 unspecified atom stereocenters. The van der Waals surface area contributed by atoms with Crippen LogP contribution in [0.4, 0.5) is 0 Å². The number of nitrogens with zero attached hydrogens (tertiary/aromatic N) is 1. The SMILES string of the molecule is CC1CCC(CN)(Cc2nc3ccccc3s2)C1. The Bertz CT molecular complexity index is 515. The Kier molecular flexibility index (Phi) is 3.12. The monoisotopic (exact) mass is 260 g/mol. The van der Waals surface area contributed by atoms with E-state index in [0.717, 1.165) is 24.4 Å². The second-order valence-corrected chi connectivity index (χ2v) is 6.92. The quantitative estimate of drug-likeness (QED) is 0.915. The molecule has 0 aliphatic heterocycles. The molecule has 3 heteroatoms. The number of para-hydroxylation sites is 1. The summed E-state index contributed by atoms with van der Waals surface area (Å²) >= 11 is 1.83. The van der Waals surface area contributed by atoms with E-state index < -0.39 is 0 Å². The van der Waals surface area contributed by atoms with Crippen molar-refractivity contribution in [3.63, 3.8) is 0 Å². The van der Waals surface area contributed by atoms with Crippen LogP contribution in [0.25, 0.3) is 10.2 Å². The predicted molar refractivity (Wildman–Crippen MR) is 77.8 cm³/mol. The lowest BCUT2D eigenvalue weighted by molar-refractivity contribution is 0.295. The number of fused-ring (bicyclic) bond motifs is 1. The van der Waals surface area contributed by atoms with Crippen LogP contribution in [0.5, 0.6) is 0 Å². The van der Waals surface area contributed by atoms with Gasteiger partial charge in [-0.25, -0.2) is 4.98 Å². The molecular weight excluding hydrogens is 240 g/mol. The minimum Gasteiger partial charge on any atom is -0.330 e. The van der Waals surface area contributed by atoms with Crippen LogP contribution in [0.2, 0.25) is 0 Å². The summed E-state index contributed by atoms with van der Waals surface area (Å²) in [6.45, 7) is 3.14. The maximum absolute atomic E-state index is 6.05. The third-order valence-corrected chi connectivity index (χ3v) is 5.28. The highest BCUT2D eigenvalue weighted by molar-refractivity contribution is 7.18. The van der Waals surface area contributed by atoms with E-state index in [4.69, 9.17) is 10.7 Å². The molecule has 18 heavy (non-hydrogen) atoms. The molecule has 1 aromatic carbocycles. The van der Waals surface area contributed by atoms with Crippen molar-refractivity contribution in [3.8, 4) is 0 Å². The third-order valence-electron chi connectivity index (χ3n) is 4.25. The fourth-order valence-electron chi connectivity index (χ4n) is 3.23. The van der Waals surface area contributed by atoms with Gasteiger partial charge in [0.2, 0.25) is 0 Å². The van der Waals surface area contributed by atoms with Gasteiger partial charge in [-0.05, 0) is 42.9 Å². The number of benzene rings is 1. The fraction of sp³-hybridized carbons (Fsp3) is 0.533. The van der Waals surface area contributed by atoms with E-state index in [2.05, 4.69) is 31.2 Å². The lowest BCUT2D eigenvalue weighted by Gasteiger charge is -2.26. The molecule has 0 spiro atoms. The molecular formula is C15H20N2S. The Labute approximate surface area is 112 Å². The van der Waals surface area contributed by atoms with Crippen molar-refractivity contribution >= 4 is 21.6 Å². The van der Waals surface area contributed by atoms with Crippen molar-refractivity contribution < 1.29 is 0 Å². The van der Waals surface area contributed by atoms with Gasteiger partial charge < -0.3 is 5.73 Å². The summed E-state index contributed by atoms with van der Waals surface area (Å²) in [6, 6.07) is 8.40. The lowest BCUT2D eigenvalue weighted by atomic mass is 9.82. The first kappa shape index (κ1) is 12.1. The molecule has 0 radical (unpaired) electrons. The average Bonchev–Trinajstić information content (AvgIpc) is 2.93. The van der Waals surface area contributed by atoms with Gasteiger partial charge in [-0.1, -0.05) is 25.5 Å². The molecule has 1 fully saturated rings. The van der Waals surface area contributed by atoms with Crippen molar-refractivity contribution in [1.82, 2.24) is 4.98 Å². The Morgan fingerprint density at radius 3 is 2.94 bits per heavy atom. The zero-order valence-corrected chi connectivity index (χ0v) is 11.7. The minimum atomic E-state index is 0.313. The summed E-state index contributed by atoms with van der Waals surface area (Å²) in [7, 11) is 0. The van der Waals surface area contributed by atoms with Gasteiger partial charge in [-0.15, -0.1) is 11.3 Å². The zero-order valence-electron chi connectivity index (χ0n) is 10.9. The number of hydrogen-bond acceptors (Lipinski definition) is 3. The van der Waals surface area contributed by atoms with Gasteiger partial charge in [0.25, 0.3) is 0 Å². The smallest absolute Gasteiger partial charge is 0.0944 e. The summed E-state index contributed by atoms with van der Waals surface area (Å²) in [5, 5.41) is 1.26. The van der Waals surface area contributed by atoms with Crippen molar-refractivity contribution in [2.24, 2.45) is 17.1 Å². The van der Waals surface area contributed by atoms with Crippen LogP contribution in [0.3, 0.4) is 0 Å². The van der Waals surface area contributed by atoms with E-state index >= 15 is 0 Å². The summed E-state index contributed by atoms with van der Waals surface area (Å²) in [5.74, 6) is 0.822. The maximum Gasteiger partial charge on any atom is 0.0944 e. The Morgan fingerprint density at radius 1 is 1.44 bits per heavy atom. The highest BCUT2D eigenvalue weighted by Gasteiger charge is 2.37. The average molecular weight is 260 g/mol. The van der Waals surface area contributed by atoms with Crippen LogP contribution >= 0.6 is 11.3 Å². The van der Waals surface area contributed by atoms with Gasteiger partial charge in [-0.2, -0.15) is 0 Å². The Morgan fingerprint density at radius 2 is 2.28 bits per heavy atom. The molecule has 0 bridgehead atoms. The van der Waals surface area contributed by atoms with E-state index in [1.54, 1.807) is 0 Å². The highest BCUT2D eigenvalue weighted by atomic mass is 32.1. The summed E-state index contributed by atoms with van der Waals surface area (Å²) < 4.78 is 1.30. The number of thiazole rings is 1. The molecule has 96 valence electrons. The van der Waals surface area contributed by atoms with Crippen LogP contribution < -0.4 is 5.73 Å². The molecule has 1 aliphatic carbocycles. The van der Waals surface area contributed by atoms with E-state index in [1.807, 2.05) is 11.3 Å². The molecule has 2 aromatic rings. The number of rotatable bonds is 3. The largest absolute Gasteiger partial charge is 0.330 e. The lowest BCUT2D eigenvalue weighted by Crippen LogP contribution is -2.30. The molecule has 2 nitrogen and oxygen atoms in total. The zero-order chi connectivity index (χ0) is 12.6. The second-order valence-electron chi connectivity index (χ2n) is 5.80. The Balaban J connectivity index is 1.86. The molecule has 0 amide bonds. The number of hydrogen-bond donors (Lipinski definition) is 1. The van der Waals surface area contributed by atoms with Gasteiger partial charge >= 0.3 is 0 Å². The number of aromatic nitrogens is 1. The first-order valence-corrected chi connectivity index (χ1v) is 7.57. The van der Waals surface area contributed by atoms with Crippen molar-refractivity contribution in [1.29, 1.82) is 0 Å². The fourth-order valence-corrected chi connectivity index (χ4v) is 4.37. The summed E-state index contributed by atoms with van der Waals surface area (Å²) in [4.78, 5) is 4.76. The molecule has 1 aromatic heterocycles. The molecule has 1 saturated carbocycles. The molecule has 0 saturated heterocycles. The van der Waals surface area contributed by atoms with Crippen LogP contribution in [0.15, 0.2) is 24.3 Å². The molecule has 1 aliphatic rings. The maximum atomic E-state index is 6.05. The Hall–Kier alpha value is -0.930. The standard InChI is InChI=1S/C15H20N2S/c1-11-6-7-15(8-11,10-16)9-14-17-12-4-2-3-5-13(12)18-14/h2-5,11H,6-10,16H2,1H3. The van der Waals surface area contributed by atoms with E-state index in [0.29, 0.717) is 5.41 Å². The summed E-state index contributed by atoms with van der Waals surface area (Å²) in [6.07, 6.45) is 4.91. The predicted octanol–water partition coefficient (Wildman–Crippen LogP) is 3.60. The third kappa shape index (κ3) is 2.17. The van der Waals surface area contributed by atoms with Crippen LogP contribution in [0, 0.1) is 11.3 Å². The molecule has 2 atom stereocenters. The van der Waals surface area contributed by atoms with Gasteiger partial charge in [0.15, 0.2) is 0 Å². The normalized spacial score (nSPS) is 28.0. The van der Waals surface area contributed by atoms with E-state index in [1.165, 1.54) is 29.0 Å². The van der Waals surface area contributed by atoms with Crippen molar-refractivity contribution in [2.75, 3.05) is 6.54 Å².